The molecule has 0 saturated carbocycles. The Balaban J connectivity index is 2.53. The lowest BCUT2D eigenvalue weighted by atomic mass is 9.94. The van der Waals surface area contributed by atoms with E-state index in [-0.39, 0.29) is 22.4 Å². The smallest absolute Gasteiger partial charge is 0.398 e. The van der Waals surface area contributed by atoms with Crippen LogP contribution in [-0.2, 0) is 6.18 Å². The van der Waals surface area contributed by atoms with Gasteiger partial charge in [0.05, 0.1) is 11.1 Å². The zero-order chi connectivity index (χ0) is 16.5. The number of nitriles is 1. The van der Waals surface area contributed by atoms with E-state index in [1.54, 1.807) is 0 Å². The number of carbonyl (C=O) groups excluding carboxylic acids is 1. The summed E-state index contributed by atoms with van der Waals surface area (Å²) in [5.41, 5.74) is 5.53. The quantitative estimate of drug-likeness (QED) is 0.679. The highest BCUT2D eigenvalue weighted by Gasteiger charge is 2.31. The van der Waals surface area contributed by atoms with E-state index in [2.05, 4.69) is 0 Å². The fraction of sp³-hybridized carbons (Fsp3) is 0.125. The van der Waals surface area contributed by atoms with Gasteiger partial charge in [-0.3, -0.25) is 4.79 Å². The second kappa shape index (κ2) is 5.53. The Bertz CT molecular complexity index is 789. The van der Waals surface area contributed by atoms with Gasteiger partial charge in [0.25, 0.3) is 0 Å². The normalized spacial score (nSPS) is 11.0. The SMILES string of the molecule is Cc1c(C(=O)c2cccc(C(F)(F)F)c2)ccc(N)c1C#N. The van der Waals surface area contributed by atoms with E-state index in [1.165, 1.54) is 31.2 Å². The molecule has 0 aromatic heterocycles. The number of hydrogen-bond acceptors (Lipinski definition) is 3. The van der Waals surface area contributed by atoms with Gasteiger partial charge in [0.1, 0.15) is 6.07 Å². The fourth-order valence-corrected chi connectivity index (χ4v) is 2.12. The molecular formula is C16H11F3N2O. The highest BCUT2D eigenvalue weighted by atomic mass is 19.4. The van der Waals surface area contributed by atoms with E-state index in [1.807, 2.05) is 6.07 Å². The molecular weight excluding hydrogens is 293 g/mol. The van der Waals surface area contributed by atoms with Gasteiger partial charge in [0.2, 0.25) is 0 Å². The summed E-state index contributed by atoms with van der Waals surface area (Å²) in [5, 5.41) is 9.04. The summed E-state index contributed by atoms with van der Waals surface area (Å²) < 4.78 is 38.1. The Hall–Kier alpha value is -2.81. The lowest BCUT2D eigenvalue weighted by molar-refractivity contribution is -0.137. The van der Waals surface area contributed by atoms with Crippen molar-refractivity contribution in [2.45, 2.75) is 13.1 Å². The van der Waals surface area contributed by atoms with Crippen molar-refractivity contribution in [1.29, 1.82) is 5.26 Å². The van der Waals surface area contributed by atoms with Gasteiger partial charge in [-0.1, -0.05) is 12.1 Å². The minimum absolute atomic E-state index is 0.0911. The number of rotatable bonds is 2. The van der Waals surface area contributed by atoms with Gasteiger partial charge in [-0.05, 0) is 36.8 Å². The predicted molar refractivity (Wildman–Crippen MR) is 75.2 cm³/mol. The number of benzene rings is 2. The van der Waals surface area contributed by atoms with Crippen molar-refractivity contribution in [1.82, 2.24) is 0 Å². The largest absolute Gasteiger partial charge is 0.416 e. The number of ketones is 1. The highest BCUT2D eigenvalue weighted by Crippen LogP contribution is 2.30. The Labute approximate surface area is 124 Å². The lowest BCUT2D eigenvalue weighted by Crippen LogP contribution is -2.10. The Morgan fingerprint density at radius 2 is 1.91 bits per heavy atom. The van der Waals surface area contributed by atoms with E-state index in [0.29, 0.717) is 5.56 Å². The van der Waals surface area contributed by atoms with Gasteiger partial charge < -0.3 is 5.73 Å². The molecule has 2 N–H and O–H groups in total. The number of halogens is 3. The molecule has 0 bridgehead atoms. The van der Waals surface area contributed by atoms with Crippen LogP contribution in [-0.4, -0.2) is 5.78 Å². The second-order valence-corrected chi connectivity index (χ2v) is 4.72. The summed E-state index contributed by atoms with van der Waals surface area (Å²) in [5.74, 6) is -0.583. The first-order valence-electron chi connectivity index (χ1n) is 6.27. The predicted octanol–water partition coefficient (Wildman–Crippen LogP) is 3.70. The van der Waals surface area contributed by atoms with Crippen molar-refractivity contribution in [3.63, 3.8) is 0 Å². The maximum absolute atomic E-state index is 12.7. The third kappa shape index (κ3) is 2.79. The van der Waals surface area contributed by atoms with Crippen molar-refractivity contribution in [2.75, 3.05) is 5.73 Å². The van der Waals surface area contributed by atoms with Crippen LogP contribution >= 0.6 is 0 Å². The number of nitrogens with two attached hydrogens (primary N) is 1. The molecule has 0 atom stereocenters. The zero-order valence-corrected chi connectivity index (χ0v) is 11.5. The summed E-state index contributed by atoms with van der Waals surface area (Å²) in [6.45, 7) is 1.54. The van der Waals surface area contributed by atoms with Gasteiger partial charge in [-0.25, -0.2) is 0 Å². The number of hydrogen-bond donors (Lipinski definition) is 1. The third-order valence-electron chi connectivity index (χ3n) is 3.31. The van der Waals surface area contributed by atoms with E-state index in [4.69, 9.17) is 11.0 Å². The Kier molecular flexibility index (Phi) is 3.91. The summed E-state index contributed by atoms with van der Waals surface area (Å²) in [6, 6.07) is 8.87. The number of anilines is 1. The van der Waals surface area contributed by atoms with Crippen molar-refractivity contribution in [3.8, 4) is 6.07 Å². The molecule has 0 aliphatic heterocycles. The lowest BCUT2D eigenvalue weighted by Gasteiger charge is -2.11. The van der Waals surface area contributed by atoms with Gasteiger partial charge in [0.15, 0.2) is 5.78 Å². The number of alkyl halides is 3. The first-order valence-corrected chi connectivity index (χ1v) is 6.27. The minimum atomic E-state index is -4.52. The van der Waals surface area contributed by atoms with Crippen LogP contribution in [0.1, 0.15) is 32.6 Å². The van der Waals surface area contributed by atoms with Crippen LogP contribution < -0.4 is 5.73 Å². The summed E-state index contributed by atoms with van der Waals surface area (Å²) in [7, 11) is 0. The number of carbonyl (C=O) groups is 1. The molecule has 6 heteroatoms. The molecule has 0 saturated heterocycles. The molecule has 2 aromatic carbocycles. The molecule has 0 unspecified atom stereocenters. The molecule has 0 radical (unpaired) electrons. The van der Waals surface area contributed by atoms with E-state index in [9.17, 15) is 18.0 Å². The maximum Gasteiger partial charge on any atom is 0.416 e. The van der Waals surface area contributed by atoms with Crippen molar-refractivity contribution < 1.29 is 18.0 Å². The van der Waals surface area contributed by atoms with Crippen molar-refractivity contribution in [3.05, 3.63) is 64.2 Å². The van der Waals surface area contributed by atoms with Crippen LogP contribution in [0.25, 0.3) is 0 Å². The third-order valence-corrected chi connectivity index (χ3v) is 3.31. The summed E-state index contributed by atoms with van der Waals surface area (Å²) in [4.78, 5) is 12.4. The zero-order valence-electron chi connectivity index (χ0n) is 11.5. The molecule has 3 nitrogen and oxygen atoms in total. The average molecular weight is 304 g/mol. The molecule has 2 aromatic rings. The summed E-state index contributed by atoms with van der Waals surface area (Å²) in [6.07, 6.45) is -4.52. The number of nitrogens with zero attached hydrogens (tertiary/aromatic N) is 1. The summed E-state index contributed by atoms with van der Waals surface area (Å²) >= 11 is 0. The molecule has 2 rings (SSSR count). The van der Waals surface area contributed by atoms with Crippen LogP contribution in [0, 0.1) is 18.3 Å². The minimum Gasteiger partial charge on any atom is -0.398 e. The molecule has 0 aliphatic rings. The van der Waals surface area contributed by atoms with Gasteiger partial charge in [-0.2, -0.15) is 18.4 Å². The monoisotopic (exact) mass is 304 g/mol. The topological polar surface area (TPSA) is 66.9 Å². The second-order valence-electron chi connectivity index (χ2n) is 4.72. The highest BCUT2D eigenvalue weighted by molar-refractivity contribution is 6.10. The van der Waals surface area contributed by atoms with E-state index < -0.39 is 17.5 Å². The van der Waals surface area contributed by atoms with Crippen LogP contribution in [0.3, 0.4) is 0 Å². The molecule has 22 heavy (non-hydrogen) atoms. The molecule has 0 spiro atoms. The number of nitrogen functional groups attached to an aromatic ring is 1. The first kappa shape index (κ1) is 15.6. The molecule has 0 aliphatic carbocycles. The van der Waals surface area contributed by atoms with Gasteiger partial charge in [-0.15, -0.1) is 0 Å². The Morgan fingerprint density at radius 3 is 2.50 bits per heavy atom. The molecule has 0 amide bonds. The van der Waals surface area contributed by atoms with Crippen LogP contribution in [0.5, 0.6) is 0 Å². The van der Waals surface area contributed by atoms with E-state index >= 15 is 0 Å². The molecule has 0 fully saturated rings. The average Bonchev–Trinajstić information content (AvgIpc) is 2.46. The maximum atomic E-state index is 12.7. The first-order chi connectivity index (χ1) is 10.3. The Morgan fingerprint density at radius 1 is 1.23 bits per heavy atom. The standard InChI is InChI=1S/C16H11F3N2O/c1-9-12(5-6-14(21)13(9)8-20)15(22)10-3-2-4-11(7-10)16(17,18)19/h2-7H,21H2,1H3. The molecule has 112 valence electrons. The van der Waals surface area contributed by atoms with Crippen molar-refractivity contribution in [2.24, 2.45) is 0 Å². The van der Waals surface area contributed by atoms with Gasteiger partial charge >= 0.3 is 6.18 Å². The fourth-order valence-electron chi connectivity index (χ4n) is 2.12. The van der Waals surface area contributed by atoms with Crippen LogP contribution in [0.4, 0.5) is 18.9 Å². The van der Waals surface area contributed by atoms with Crippen molar-refractivity contribution >= 4 is 11.5 Å². The van der Waals surface area contributed by atoms with Gasteiger partial charge in [0, 0.05) is 16.8 Å². The van der Waals surface area contributed by atoms with Crippen LogP contribution in [0.15, 0.2) is 36.4 Å². The molecule has 0 heterocycles. The van der Waals surface area contributed by atoms with Crippen LogP contribution in [0.2, 0.25) is 0 Å². The van der Waals surface area contributed by atoms with E-state index in [0.717, 1.165) is 12.1 Å².